The second-order valence-electron chi connectivity index (χ2n) is 5.02. The van der Waals surface area contributed by atoms with E-state index in [1.54, 1.807) is 24.3 Å². The molecule has 1 heterocycles. The Kier molecular flexibility index (Phi) is 5.70. The summed E-state index contributed by atoms with van der Waals surface area (Å²) in [6, 6.07) is 7.07. The van der Waals surface area contributed by atoms with Crippen LogP contribution in [0.15, 0.2) is 28.8 Å². The van der Waals surface area contributed by atoms with Gasteiger partial charge in [0.05, 0.1) is 0 Å². The van der Waals surface area contributed by atoms with Crippen LogP contribution in [0.2, 0.25) is 5.02 Å². The number of hydrogen-bond acceptors (Lipinski definition) is 5. The van der Waals surface area contributed by atoms with Crippen molar-refractivity contribution in [3.8, 4) is 11.4 Å². The SMILES string of the molecule is CN(CC(=O)O)C(=O)CCCc1nc(-c2ccc(Cl)cc2)no1. The first kappa shape index (κ1) is 17.0. The molecule has 0 saturated heterocycles. The molecule has 2 aromatic rings. The predicted octanol–water partition coefficient (Wildman–Crippen LogP) is 2.26. The van der Waals surface area contributed by atoms with Crippen molar-refractivity contribution in [2.24, 2.45) is 0 Å². The van der Waals surface area contributed by atoms with Crippen molar-refractivity contribution < 1.29 is 19.2 Å². The number of carbonyl (C=O) groups is 2. The largest absolute Gasteiger partial charge is 0.480 e. The zero-order valence-electron chi connectivity index (χ0n) is 12.5. The number of halogens is 1. The third-order valence-electron chi connectivity index (χ3n) is 3.15. The molecule has 0 aliphatic rings. The first-order valence-electron chi connectivity index (χ1n) is 7.00. The highest BCUT2D eigenvalue weighted by molar-refractivity contribution is 6.30. The number of hydrogen-bond donors (Lipinski definition) is 1. The molecule has 23 heavy (non-hydrogen) atoms. The summed E-state index contributed by atoms with van der Waals surface area (Å²) in [6.07, 6.45) is 1.18. The van der Waals surface area contributed by atoms with Crippen LogP contribution in [-0.4, -0.2) is 45.6 Å². The van der Waals surface area contributed by atoms with Gasteiger partial charge in [0.2, 0.25) is 17.6 Å². The molecule has 2 rings (SSSR count). The Labute approximate surface area is 137 Å². The molecule has 8 heteroatoms. The summed E-state index contributed by atoms with van der Waals surface area (Å²) in [6.45, 7) is -0.305. The van der Waals surface area contributed by atoms with Gasteiger partial charge < -0.3 is 14.5 Å². The van der Waals surface area contributed by atoms with Crippen molar-refractivity contribution in [3.05, 3.63) is 35.2 Å². The molecular weight excluding hydrogens is 322 g/mol. The molecule has 7 nitrogen and oxygen atoms in total. The minimum atomic E-state index is -1.04. The van der Waals surface area contributed by atoms with E-state index in [4.69, 9.17) is 21.2 Å². The zero-order chi connectivity index (χ0) is 16.8. The Morgan fingerprint density at radius 3 is 2.65 bits per heavy atom. The van der Waals surface area contributed by atoms with E-state index in [9.17, 15) is 9.59 Å². The molecule has 0 bridgehead atoms. The molecule has 1 aromatic carbocycles. The number of carboxylic acid groups (broad SMARTS) is 1. The first-order valence-corrected chi connectivity index (χ1v) is 7.38. The number of aromatic nitrogens is 2. The molecule has 0 fully saturated rings. The van der Waals surface area contributed by atoms with E-state index in [0.29, 0.717) is 29.6 Å². The maximum atomic E-state index is 11.7. The molecular formula is C15H16ClN3O4. The van der Waals surface area contributed by atoms with Gasteiger partial charge in [0.15, 0.2) is 0 Å². The lowest BCUT2D eigenvalue weighted by molar-refractivity contribution is -0.143. The quantitative estimate of drug-likeness (QED) is 0.832. The zero-order valence-corrected chi connectivity index (χ0v) is 13.3. The summed E-state index contributed by atoms with van der Waals surface area (Å²) in [4.78, 5) is 27.7. The van der Waals surface area contributed by atoms with Crippen LogP contribution in [-0.2, 0) is 16.0 Å². The second-order valence-corrected chi connectivity index (χ2v) is 5.45. The summed E-state index contributed by atoms with van der Waals surface area (Å²) in [5, 5.41) is 13.1. The van der Waals surface area contributed by atoms with Gasteiger partial charge in [0.25, 0.3) is 0 Å². The van der Waals surface area contributed by atoms with E-state index in [2.05, 4.69) is 10.1 Å². The van der Waals surface area contributed by atoms with Crippen molar-refractivity contribution in [2.75, 3.05) is 13.6 Å². The molecule has 0 unspecified atom stereocenters. The van der Waals surface area contributed by atoms with Gasteiger partial charge in [0.1, 0.15) is 6.54 Å². The van der Waals surface area contributed by atoms with Crippen molar-refractivity contribution >= 4 is 23.5 Å². The van der Waals surface area contributed by atoms with Crippen LogP contribution in [0.1, 0.15) is 18.7 Å². The minimum absolute atomic E-state index is 0.225. The lowest BCUT2D eigenvalue weighted by Gasteiger charge is -2.13. The highest BCUT2D eigenvalue weighted by Crippen LogP contribution is 2.19. The van der Waals surface area contributed by atoms with Crippen LogP contribution in [0.25, 0.3) is 11.4 Å². The molecule has 122 valence electrons. The van der Waals surface area contributed by atoms with E-state index >= 15 is 0 Å². The second kappa shape index (κ2) is 7.73. The number of amides is 1. The average molecular weight is 338 g/mol. The number of aryl methyl sites for hydroxylation is 1. The molecule has 1 aromatic heterocycles. The van der Waals surface area contributed by atoms with Gasteiger partial charge in [0, 0.05) is 30.5 Å². The van der Waals surface area contributed by atoms with Crippen LogP contribution in [0.4, 0.5) is 0 Å². The van der Waals surface area contributed by atoms with Crippen LogP contribution in [0.5, 0.6) is 0 Å². The lowest BCUT2D eigenvalue weighted by atomic mass is 10.2. The molecule has 0 atom stereocenters. The molecule has 1 N–H and O–H groups in total. The topological polar surface area (TPSA) is 96.5 Å². The number of aliphatic carboxylic acids is 1. The molecule has 0 saturated carbocycles. The van der Waals surface area contributed by atoms with E-state index in [1.807, 2.05) is 0 Å². The summed E-state index contributed by atoms with van der Waals surface area (Å²) < 4.78 is 5.14. The molecule has 1 amide bonds. The third kappa shape index (κ3) is 5.07. The fourth-order valence-corrected chi connectivity index (χ4v) is 2.07. The van der Waals surface area contributed by atoms with Crippen LogP contribution >= 0.6 is 11.6 Å². The van der Waals surface area contributed by atoms with E-state index in [0.717, 1.165) is 5.56 Å². The van der Waals surface area contributed by atoms with Crippen LogP contribution in [0, 0.1) is 0 Å². The van der Waals surface area contributed by atoms with Crippen molar-refractivity contribution in [3.63, 3.8) is 0 Å². The third-order valence-corrected chi connectivity index (χ3v) is 3.40. The summed E-state index contributed by atoms with van der Waals surface area (Å²) in [5.74, 6) is -0.371. The fraction of sp³-hybridized carbons (Fsp3) is 0.333. The molecule has 0 radical (unpaired) electrons. The maximum absolute atomic E-state index is 11.7. The summed E-state index contributed by atoms with van der Waals surface area (Å²) in [5.41, 5.74) is 0.793. The summed E-state index contributed by atoms with van der Waals surface area (Å²) >= 11 is 5.82. The number of rotatable bonds is 7. The smallest absolute Gasteiger partial charge is 0.323 e. The van der Waals surface area contributed by atoms with E-state index < -0.39 is 5.97 Å². The van der Waals surface area contributed by atoms with Gasteiger partial charge in [-0.25, -0.2) is 0 Å². The Morgan fingerprint density at radius 2 is 2.00 bits per heavy atom. The molecule has 0 aliphatic heterocycles. The summed E-state index contributed by atoms with van der Waals surface area (Å²) in [7, 11) is 1.46. The van der Waals surface area contributed by atoms with Gasteiger partial charge in [-0.2, -0.15) is 4.98 Å². The van der Waals surface area contributed by atoms with E-state index in [1.165, 1.54) is 11.9 Å². The minimum Gasteiger partial charge on any atom is -0.480 e. The predicted molar refractivity (Wildman–Crippen MR) is 83.0 cm³/mol. The van der Waals surface area contributed by atoms with Crippen molar-refractivity contribution in [1.29, 1.82) is 0 Å². The van der Waals surface area contributed by atoms with Gasteiger partial charge in [-0.05, 0) is 30.7 Å². The maximum Gasteiger partial charge on any atom is 0.323 e. The van der Waals surface area contributed by atoms with Crippen molar-refractivity contribution in [2.45, 2.75) is 19.3 Å². The average Bonchev–Trinajstić information content (AvgIpc) is 2.96. The number of carboxylic acids is 1. The van der Waals surface area contributed by atoms with Crippen LogP contribution in [0.3, 0.4) is 0 Å². The van der Waals surface area contributed by atoms with E-state index in [-0.39, 0.29) is 18.9 Å². The van der Waals surface area contributed by atoms with Crippen molar-refractivity contribution in [1.82, 2.24) is 15.0 Å². The Morgan fingerprint density at radius 1 is 1.30 bits per heavy atom. The Bertz CT molecular complexity index is 684. The highest BCUT2D eigenvalue weighted by Gasteiger charge is 2.13. The monoisotopic (exact) mass is 337 g/mol. The standard InChI is InChI=1S/C15H16ClN3O4/c1-19(9-14(21)22)13(20)4-2-3-12-17-15(18-23-12)10-5-7-11(16)8-6-10/h5-8H,2-4,9H2,1H3,(H,21,22). The van der Waals surface area contributed by atoms with Gasteiger partial charge in [-0.15, -0.1) is 0 Å². The Balaban J connectivity index is 1.84. The number of likely N-dealkylation sites (N-methyl/N-ethyl adjacent to an activating group) is 1. The first-order chi connectivity index (χ1) is 11.0. The number of nitrogens with zero attached hydrogens (tertiary/aromatic N) is 3. The van der Waals surface area contributed by atoms with Gasteiger partial charge in [-0.3, -0.25) is 9.59 Å². The molecule has 0 aliphatic carbocycles. The number of carbonyl (C=O) groups excluding carboxylic acids is 1. The molecule has 0 spiro atoms. The fourth-order valence-electron chi connectivity index (χ4n) is 1.95. The normalized spacial score (nSPS) is 10.5. The van der Waals surface area contributed by atoms with Gasteiger partial charge in [-0.1, -0.05) is 16.8 Å². The number of benzene rings is 1. The highest BCUT2D eigenvalue weighted by atomic mass is 35.5. The lowest BCUT2D eigenvalue weighted by Crippen LogP contribution is -2.31. The Hall–Kier alpha value is -2.41. The van der Waals surface area contributed by atoms with Crippen LogP contribution < -0.4 is 0 Å². The van der Waals surface area contributed by atoms with Gasteiger partial charge >= 0.3 is 5.97 Å².